The second kappa shape index (κ2) is 5.24. The number of ether oxygens (including phenoxy) is 2. The van der Waals surface area contributed by atoms with E-state index in [4.69, 9.17) is 4.74 Å². The Morgan fingerprint density at radius 3 is 3.11 bits per heavy atom. The lowest BCUT2D eigenvalue weighted by atomic mass is 9.94. The van der Waals surface area contributed by atoms with E-state index in [2.05, 4.69) is 28.9 Å². The van der Waals surface area contributed by atoms with E-state index in [0.717, 1.165) is 24.6 Å². The Morgan fingerprint density at radius 2 is 2.44 bits per heavy atom. The van der Waals surface area contributed by atoms with Gasteiger partial charge in [-0.15, -0.1) is 11.3 Å². The number of anilines is 1. The molecule has 1 saturated heterocycles. The summed E-state index contributed by atoms with van der Waals surface area (Å²) >= 11 is 1.42. The molecule has 18 heavy (non-hydrogen) atoms. The lowest BCUT2D eigenvalue weighted by molar-refractivity contribution is -0.0553. The monoisotopic (exact) mass is 270 g/mol. The van der Waals surface area contributed by atoms with Crippen molar-refractivity contribution in [2.24, 2.45) is 0 Å². The van der Waals surface area contributed by atoms with Crippen LogP contribution >= 0.6 is 11.3 Å². The fraction of sp³-hybridized carbons (Fsp3) is 0.667. The summed E-state index contributed by atoms with van der Waals surface area (Å²) in [6.07, 6.45) is 1.89. The van der Waals surface area contributed by atoms with Crippen LogP contribution in [0.5, 0.6) is 0 Å². The zero-order chi connectivity index (χ0) is 13.2. The Morgan fingerprint density at radius 1 is 1.67 bits per heavy atom. The van der Waals surface area contributed by atoms with Crippen LogP contribution in [0.1, 0.15) is 37.2 Å². The minimum atomic E-state index is -0.397. The molecule has 0 radical (unpaired) electrons. The summed E-state index contributed by atoms with van der Waals surface area (Å²) in [5.41, 5.74) is 0.259. The summed E-state index contributed by atoms with van der Waals surface area (Å²) in [5, 5.41) is 5.82. The predicted octanol–water partition coefficient (Wildman–Crippen LogP) is 2.30. The van der Waals surface area contributed by atoms with Gasteiger partial charge >= 0.3 is 5.97 Å². The molecule has 5 nitrogen and oxygen atoms in total. The van der Waals surface area contributed by atoms with Crippen molar-refractivity contribution >= 4 is 22.4 Å². The van der Waals surface area contributed by atoms with Gasteiger partial charge in [0.25, 0.3) is 0 Å². The molecule has 6 heteroatoms. The lowest BCUT2D eigenvalue weighted by Crippen LogP contribution is -2.40. The van der Waals surface area contributed by atoms with Gasteiger partial charge in [0.2, 0.25) is 0 Å². The Labute approximate surface area is 111 Å². The number of carbonyl (C=O) groups excluding carboxylic acids is 1. The molecule has 0 bridgehead atoms. The van der Waals surface area contributed by atoms with Crippen LogP contribution in [0.3, 0.4) is 0 Å². The van der Waals surface area contributed by atoms with Crippen LogP contribution in [0.4, 0.5) is 5.13 Å². The van der Waals surface area contributed by atoms with Crippen molar-refractivity contribution in [3.05, 3.63) is 11.1 Å². The molecule has 1 fully saturated rings. The molecule has 0 aliphatic carbocycles. The number of rotatable bonds is 3. The molecule has 1 atom stereocenters. The molecule has 2 heterocycles. The minimum Gasteiger partial charge on any atom is -0.464 e. The van der Waals surface area contributed by atoms with Crippen LogP contribution in [0.2, 0.25) is 0 Å². The molecule has 0 aromatic carbocycles. The molecule has 0 saturated carbocycles. The number of thiazole rings is 1. The molecule has 1 aliphatic heterocycles. The van der Waals surface area contributed by atoms with Gasteiger partial charge in [-0.1, -0.05) is 0 Å². The third kappa shape index (κ3) is 3.20. The number of hydrogen-bond acceptors (Lipinski definition) is 6. The van der Waals surface area contributed by atoms with Gasteiger partial charge in [0, 0.05) is 18.0 Å². The molecule has 100 valence electrons. The van der Waals surface area contributed by atoms with Gasteiger partial charge in [-0.05, 0) is 26.7 Å². The first-order valence-electron chi connectivity index (χ1n) is 5.94. The van der Waals surface area contributed by atoms with Crippen LogP contribution < -0.4 is 5.32 Å². The molecule has 1 aromatic heterocycles. The third-order valence-corrected chi connectivity index (χ3v) is 3.70. The molecule has 1 unspecified atom stereocenters. The number of nitrogens with zero attached hydrogens (tertiary/aromatic N) is 1. The average molecular weight is 270 g/mol. The standard InChI is InChI=1S/C12H18N2O3S/c1-12(2)6-8(4-5-17-12)13-11-14-9(7-18-11)10(15)16-3/h7-8H,4-6H2,1-3H3,(H,13,14). The van der Waals surface area contributed by atoms with Crippen LogP contribution in [0, 0.1) is 0 Å². The largest absolute Gasteiger partial charge is 0.464 e. The van der Waals surface area contributed by atoms with E-state index in [9.17, 15) is 4.79 Å². The highest BCUT2D eigenvalue weighted by atomic mass is 32.1. The van der Waals surface area contributed by atoms with Crippen molar-refractivity contribution in [2.45, 2.75) is 38.3 Å². The van der Waals surface area contributed by atoms with Gasteiger partial charge in [-0.3, -0.25) is 0 Å². The summed E-state index contributed by atoms with van der Waals surface area (Å²) in [4.78, 5) is 15.5. The van der Waals surface area contributed by atoms with E-state index in [0.29, 0.717) is 11.7 Å². The smallest absolute Gasteiger partial charge is 0.357 e. The Kier molecular flexibility index (Phi) is 3.87. The van der Waals surface area contributed by atoms with E-state index in [-0.39, 0.29) is 5.60 Å². The van der Waals surface area contributed by atoms with Gasteiger partial charge in [0.15, 0.2) is 10.8 Å². The van der Waals surface area contributed by atoms with E-state index in [1.807, 2.05) is 0 Å². The lowest BCUT2D eigenvalue weighted by Gasteiger charge is -2.35. The van der Waals surface area contributed by atoms with Crippen molar-refractivity contribution < 1.29 is 14.3 Å². The molecular weight excluding hydrogens is 252 g/mol. The average Bonchev–Trinajstić information content (AvgIpc) is 2.75. The van der Waals surface area contributed by atoms with Crippen molar-refractivity contribution in [1.82, 2.24) is 4.98 Å². The summed E-state index contributed by atoms with van der Waals surface area (Å²) in [6.45, 7) is 4.92. The highest BCUT2D eigenvalue weighted by Crippen LogP contribution is 2.27. The predicted molar refractivity (Wildman–Crippen MR) is 70.1 cm³/mol. The number of nitrogens with one attached hydrogen (secondary N) is 1. The summed E-state index contributed by atoms with van der Waals surface area (Å²) in [7, 11) is 1.36. The van der Waals surface area contributed by atoms with Gasteiger partial charge in [-0.25, -0.2) is 9.78 Å². The van der Waals surface area contributed by atoms with Crippen LogP contribution in [-0.4, -0.2) is 36.3 Å². The second-order valence-corrected chi connectivity index (χ2v) is 5.83. The number of esters is 1. The first-order chi connectivity index (χ1) is 8.50. The fourth-order valence-corrected chi connectivity index (χ4v) is 2.83. The SMILES string of the molecule is COC(=O)c1csc(NC2CCOC(C)(C)C2)n1. The Balaban J connectivity index is 1.97. The zero-order valence-corrected chi connectivity index (χ0v) is 11.7. The van der Waals surface area contributed by atoms with Gasteiger partial charge < -0.3 is 14.8 Å². The summed E-state index contributed by atoms with van der Waals surface area (Å²) < 4.78 is 10.3. The maximum atomic E-state index is 11.3. The molecule has 0 spiro atoms. The van der Waals surface area contributed by atoms with Crippen molar-refractivity contribution in [1.29, 1.82) is 0 Å². The molecule has 0 amide bonds. The van der Waals surface area contributed by atoms with E-state index in [1.54, 1.807) is 5.38 Å². The van der Waals surface area contributed by atoms with E-state index < -0.39 is 5.97 Å². The van der Waals surface area contributed by atoms with Crippen molar-refractivity contribution in [2.75, 3.05) is 19.0 Å². The Hall–Kier alpha value is -1.14. The van der Waals surface area contributed by atoms with Crippen LogP contribution in [-0.2, 0) is 9.47 Å². The quantitative estimate of drug-likeness (QED) is 0.854. The highest BCUT2D eigenvalue weighted by Gasteiger charge is 2.29. The van der Waals surface area contributed by atoms with Gasteiger partial charge in [0.1, 0.15) is 0 Å². The summed E-state index contributed by atoms with van der Waals surface area (Å²) in [5.74, 6) is -0.397. The molecule has 1 N–H and O–H groups in total. The molecule has 1 aliphatic rings. The first-order valence-corrected chi connectivity index (χ1v) is 6.82. The second-order valence-electron chi connectivity index (χ2n) is 4.97. The first kappa shape index (κ1) is 13.3. The van der Waals surface area contributed by atoms with E-state index in [1.165, 1.54) is 18.4 Å². The van der Waals surface area contributed by atoms with Crippen LogP contribution in [0.25, 0.3) is 0 Å². The number of methoxy groups -OCH3 is 1. The normalized spacial score (nSPS) is 22.5. The molecular formula is C12H18N2O3S. The third-order valence-electron chi connectivity index (χ3n) is 2.92. The Bertz CT molecular complexity index is 431. The minimum absolute atomic E-state index is 0.0989. The van der Waals surface area contributed by atoms with E-state index >= 15 is 0 Å². The van der Waals surface area contributed by atoms with Crippen molar-refractivity contribution in [3.8, 4) is 0 Å². The van der Waals surface area contributed by atoms with Gasteiger partial charge in [0.05, 0.1) is 12.7 Å². The van der Waals surface area contributed by atoms with Crippen molar-refractivity contribution in [3.63, 3.8) is 0 Å². The molecule has 2 rings (SSSR count). The highest BCUT2D eigenvalue weighted by molar-refractivity contribution is 7.13. The maximum absolute atomic E-state index is 11.3. The topological polar surface area (TPSA) is 60.5 Å². The van der Waals surface area contributed by atoms with Crippen LogP contribution in [0.15, 0.2) is 5.38 Å². The van der Waals surface area contributed by atoms with Gasteiger partial charge in [-0.2, -0.15) is 0 Å². The number of aromatic nitrogens is 1. The maximum Gasteiger partial charge on any atom is 0.357 e. The number of hydrogen-bond donors (Lipinski definition) is 1. The number of carbonyl (C=O) groups is 1. The zero-order valence-electron chi connectivity index (χ0n) is 10.9. The fourth-order valence-electron chi connectivity index (χ4n) is 2.07. The molecule has 1 aromatic rings. The summed E-state index contributed by atoms with van der Waals surface area (Å²) in [6, 6.07) is 0.338.